The van der Waals surface area contributed by atoms with Crippen LogP contribution in [0.3, 0.4) is 0 Å². The first-order chi connectivity index (χ1) is 7.13. The number of hydrogen-bond acceptors (Lipinski definition) is 4. The molecule has 15 heavy (non-hydrogen) atoms. The molecule has 1 rings (SSSR count). The summed E-state index contributed by atoms with van der Waals surface area (Å²) in [5.74, 6) is 0.170. The Labute approximate surface area is 85.7 Å². The SMILES string of the molecule is COc1cc(CO)c(C(F)F)c(CN)n1. The second-order valence-electron chi connectivity index (χ2n) is 2.85. The van der Waals surface area contributed by atoms with Gasteiger partial charge in [0.15, 0.2) is 0 Å². The molecule has 0 spiro atoms. The van der Waals surface area contributed by atoms with Crippen molar-refractivity contribution in [1.82, 2.24) is 4.98 Å². The Hall–Kier alpha value is -1.27. The summed E-state index contributed by atoms with van der Waals surface area (Å²) in [4.78, 5) is 3.80. The number of methoxy groups -OCH3 is 1. The maximum atomic E-state index is 12.7. The number of pyridine rings is 1. The number of hydrogen-bond donors (Lipinski definition) is 2. The topological polar surface area (TPSA) is 68.4 Å². The zero-order valence-electron chi connectivity index (χ0n) is 8.20. The molecule has 0 saturated heterocycles. The molecule has 6 heteroatoms. The molecule has 0 atom stereocenters. The van der Waals surface area contributed by atoms with Crippen LogP contribution in [0.25, 0.3) is 0 Å². The molecule has 0 aromatic carbocycles. The first kappa shape index (κ1) is 11.8. The first-order valence-corrected chi connectivity index (χ1v) is 4.29. The second-order valence-corrected chi connectivity index (χ2v) is 2.85. The van der Waals surface area contributed by atoms with Gasteiger partial charge in [-0.3, -0.25) is 0 Å². The minimum Gasteiger partial charge on any atom is -0.481 e. The normalized spacial score (nSPS) is 10.8. The molecular weight excluding hydrogens is 206 g/mol. The Morgan fingerprint density at radius 2 is 2.27 bits per heavy atom. The third kappa shape index (κ3) is 2.40. The largest absolute Gasteiger partial charge is 0.481 e. The van der Waals surface area contributed by atoms with E-state index in [9.17, 15) is 8.78 Å². The van der Waals surface area contributed by atoms with Gasteiger partial charge in [-0.2, -0.15) is 0 Å². The van der Waals surface area contributed by atoms with Crippen LogP contribution in [0.15, 0.2) is 6.07 Å². The minimum atomic E-state index is -2.70. The predicted octanol–water partition coefficient (Wildman–Crippen LogP) is 0.979. The molecule has 0 bridgehead atoms. The summed E-state index contributed by atoms with van der Waals surface area (Å²) < 4.78 is 30.1. The summed E-state index contributed by atoms with van der Waals surface area (Å²) in [5, 5.41) is 8.95. The highest BCUT2D eigenvalue weighted by molar-refractivity contribution is 5.35. The molecule has 0 saturated carbocycles. The van der Waals surface area contributed by atoms with E-state index in [0.717, 1.165) is 0 Å². The number of nitrogens with two attached hydrogens (primary N) is 1. The van der Waals surface area contributed by atoms with Crippen LogP contribution < -0.4 is 10.5 Å². The van der Waals surface area contributed by atoms with E-state index < -0.39 is 13.0 Å². The van der Waals surface area contributed by atoms with E-state index >= 15 is 0 Å². The van der Waals surface area contributed by atoms with Crippen molar-refractivity contribution < 1.29 is 18.6 Å². The lowest BCUT2D eigenvalue weighted by Gasteiger charge is -2.12. The average molecular weight is 218 g/mol. The van der Waals surface area contributed by atoms with Crippen molar-refractivity contribution in [3.8, 4) is 5.88 Å². The molecule has 4 nitrogen and oxygen atoms in total. The number of nitrogens with zero attached hydrogens (tertiary/aromatic N) is 1. The molecule has 1 heterocycles. The third-order valence-electron chi connectivity index (χ3n) is 1.99. The number of aliphatic hydroxyl groups excluding tert-OH is 1. The molecule has 0 aliphatic rings. The maximum absolute atomic E-state index is 12.7. The maximum Gasteiger partial charge on any atom is 0.266 e. The van der Waals surface area contributed by atoms with Crippen LogP contribution in [-0.4, -0.2) is 17.2 Å². The Morgan fingerprint density at radius 1 is 1.60 bits per heavy atom. The quantitative estimate of drug-likeness (QED) is 0.790. The first-order valence-electron chi connectivity index (χ1n) is 4.29. The molecular formula is C9H12F2N2O2. The molecule has 0 aliphatic carbocycles. The van der Waals surface area contributed by atoms with Crippen LogP contribution in [0.2, 0.25) is 0 Å². The smallest absolute Gasteiger partial charge is 0.266 e. The van der Waals surface area contributed by atoms with Crippen LogP contribution in [0, 0.1) is 0 Å². The van der Waals surface area contributed by atoms with Crippen molar-refractivity contribution >= 4 is 0 Å². The van der Waals surface area contributed by atoms with E-state index in [-0.39, 0.29) is 29.2 Å². The van der Waals surface area contributed by atoms with Gasteiger partial charge in [0.1, 0.15) is 0 Å². The third-order valence-corrected chi connectivity index (χ3v) is 1.99. The van der Waals surface area contributed by atoms with E-state index in [1.54, 1.807) is 0 Å². The van der Waals surface area contributed by atoms with Crippen LogP contribution in [0.5, 0.6) is 5.88 Å². The van der Waals surface area contributed by atoms with E-state index in [1.807, 2.05) is 0 Å². The number of aromatic nitrogens is 1. The molecule has 0 aliphatic heterocycles. The number of halogens is 2. The minimum absolute atomic E-state index is 0.0494. The summed E-state index contributed by atoms with van der Waals surface area (Å²) >= 11 is 0. The molecule has 0 radical (unpaired) electrons. The van der Waals surface area contributed by atoms with Gasteiger partial charge in [-0.25, -0.2) is 13.8 Å². The van der Waals surface area contributed by atoms with Gasteiger partial charge in [-0.1, -0.05) is 0 Å². The van der Waals surface area contributed by atoms with E-state index in [2.05, 4.69) is 4.98 Å². The number of rotatable bonds is 4. The zero-order valence-corrected chi connectivity index (χ0v) is 8.20. The van der Waals surface area contributed by atoms with Crippen LogP contribution in [0.1, 0.15) is 23.2 Å². The van der Waals surface area contributed by atoms with Gasteiger partial charge in [0.05, 0.1) is 19.4 Å². The van der Waals surface area contributed by atoms with Crippen molar-refractivity contribution in [3.05, 3.63) is 22.9 Å². The van der Waals surface area contributed by atoms with Crippen molar-refractivity contribution in [1.29, 1.82) is 0 Å². The molecule has 0 amide bonds. The molecule has 0 unspecified atom stereocenters. The predicted molar refractivity (Wildman–Crippen MR) is 49.6 cm³/mol. The average Bonchev–Trinajstić information content (AvgIpc) is 2.26. The van der Waals surface area contributed by atoms with Gasteiger partial charge >= 0.3 is 0 Å². The number of aliphatic hydroxyl groups is 1. The fourth-order valence-corrected chi connectivity index (χ4v) is 1.29. The van der Waals surface area contributed by atoms with Gasteiger partial charge in [0.2, 0.25) is 5.88 Å². The lowest BCUT2D eigenvalue weighted by molar-refractivity contribution is 0.145. The summed E-state index contributed by atoms with van der Waals surface area (Å²) in [5.41, 5.74) is 5.14. The summed E-state index contributed by atoms with van der Waals surface area (Å²) in [6.07, 6.45) is -2.70. The van der Waals surface area contributed by atoms with Crippen LogP contribution in [0.4, 0.5) is 8.78 Å². The molecule has 3 N–H and O–H groups in total. The van der Waals surface area contributed by atoms with Crippen molar-refractivity contribution in [3.63, 3.8) is 0 Å². The summed E-state index contributed by atoms with van der Waals surface area (Å²) in [7, 11) is 1.37. The highest BCUT2D eigenvalue weighted by atomic mass is 19.3. The fourth-order valence-electron chi connectivity index (χ4n) is 1.29. The van der Waals surface area contributed by atoms with Gasteiger partial charge < -0.3 is 15.6 Å². The molecule has 1 aromatic heterocycles. The lowest BCUT2D eigenvalue weighted by Crippen LogP contribution is -2.09. The Balaban J connectivity index is 3.32. The van der Waals surface area contributed by atoms with Crippen molar-refractivity contribution in [2.75, 3.05) is 7.11 Å². The Kier molecular flexibility index (Phi) is 3.93. The number of alkyl halides is 2. The number of ether oxygens (including phenoxy) is 1. The van der Waals surface area contributed by atoms with E-state index in [0.29, 0.717) is 0 Å². The van der Waals surface area contributed by atoms with Gasteiger partial charge in [0, 0.05) is 18.2 Å². The van der Waals surface area contributed by atoms with Crippen LogP contribution in [-0.2, 0) is 13.2 Å². The second kappa shape index (κ2) is 4.99. The van der Waals surface area contributed by atoms with Gasteiger partial charge in [0.25, 0.3) is 6.43 Å². The van der Waals surface area contributed by atoms with E-state index in [4.69, 9.17) is 15.6 Å². The van der Waals surface area contributed by atoms with Crippen molar-refractivity contribution in [2.45, 2.75) is 19.6 Å². The Bertz CT molecular complexity index is 320. The Morgan fingerprint density at radius 3 is 2.67 bits per heavy atom. The van der Waals surface area contributed by atoms with E-state index in [1.165, 1.54) is 13.2 Å². The van der Waals surface area contributed by atoms with Crippen molar-refractivity contribution in [2.24, 2.45) is 5.73 Å². The lowest BCUT2D eigenvalue weighted by atomic mass is 10.1. The monoisotopic (exact) mass is 218 g/mol. The molecule has 84 valence electrons. The molecule has 0 fully saturated rings. The standard InChI is InChI=1S/C9H12F2N2O2/c1-15-7-2-5(4-14)8(9(10)11)6(3-12)13-7/h2,9,14H,3-4,12H2,1H3. The highest BCUT2D eigenvalue weighted by Crippen LogP contribution is 2.28. The zero-order chi connectivity index (χ0) is 11.4. The van der Waals surface area contributed by atoms with Gasteiger partial charge in [-0.15, -0.1) is 0 Å². The molecule has 1 aromatic rings. The summed E-state index contributed by atoms with van der Waals surface area (Å²) in [6, 6.07) is 1.28. The highest BCUT2D eigenvalue weighted by Gasteiger charge is 2.19. The summed E-state index contributed by atoms with van der Waals surface area (Å²) in [6.45, 7) is -0.616. The van der Waals surface area contributed by atoms with Crippen LogP contribution >= 0.6 is 0 Å². The van der Waals surface area contributed by atoms with Gasteiger partial charge in [-0.05, 0) is 5.56 Å². The fraction of sp³-hybridized carbons (Fsp3) is 0.444.